The monoisotopic (exact) mass is 307 g/mol. The molecule has 0 radical (unpaired) electrons. The highest BCUT2D eigenvalue weighted by atomic mass is 32.2. The molecule has 2 aromatic rings. The fraction of sp³-hybridized carbons (Fsp3) is 0.0769. The Morgan fingerprint density at radius 1 is 1.19 bits per heavy atom. The number of benzene rings is 1. The summed E-state index contributed by atoms with van der Waals surface area (Å²) >= 11 is 0. The van der Waals surface area contributed by atoms with E-state index in [1.807, 2.05) is 0 Å². The van der Waals surface area contributed by atoms with Crippen molar-refractivity contribution >= 4 is 21.6 Å². The number of nitrogens with one attached hydrogen (secondary N) is 2. The molecule has 0 aliphatic rings. The molecule has 0 saturated carbocycles. The lowest BCUT2D eigenvalue weighted by molar-refractivity contribution is 0.102. The highest BCUT2D eigenvalue weighted by Crippen LogP contribution is 2.15. The van der Waals surface area contributed by atoms with Gasteiger partial charge in [0.1, 0.15) is 5.75 Å². The largest absolute Gasteiger partial charge is 0.506 e. The molecule has 1 heterocycles. The van der Waals surface area contributed by atoms with E-state index in [1.165, 1.54) is 49.8 Å². The molecule has 0 fully saturated rings. The topological polar surface area (TPSA) is 108 Å². The summed E-state index contributed by atoms with van der Waals surface area (Å²) in [4.78, 5) is 15.7. The van der Waals surface area contributed by atoms with Crippen LogP contribution in [0.5, 0.6) is 5.75 Å². The molecule has 110 valence electrons. The molecule has 0 atom stereocenters. The third kappa shape index (κ3) is 3.56. The molecule has 0 spiro atoms. The summed E-state index contributed by atoms with van der Waals surface area (Å²) in [7, 11) is -2.19. The highest BCUT2D eigenvalue weighted by Gasteiger charge is 2.12. The molecule has 7 nitrogen and oxygen atoms in total. The highest BCUT2D eigenvalue weighted by molar-refractivity contribution is 7.89. The van der Waals surface area contributed by atoms with Gasteiger partial charge in [-0.3, -0.25) is 9.78 Å². The SMILES string of the molecule is CNS(=O)(=O)c1ccc(NC(=O)c2cncc(O)c2)cc1. The van der Waals surface area contributed by atoms with Crippen LogP contribution in [0.25, 0.3) is 0 Å². The Morgan fingerprint density at radius 3 is 2.43 bits per heavy atom. The van der Waals surface area contributed by atoms with Gasteiger partial charge in [-0.25, -0.2) is 13.1 Å². The van der Waals surface area contributed by atoms with Crippen molar-refractivity contribution in [2.75, 3.05) is 12.4 Å². The summed E-state index contributed by atoms with van der Waals surface area (Å²) in [5, 5.41) is 11.8. The van der Waals surface area contributed by atoms with Crippen LogP contribution in [0.3, 0.4) is 0 Å². The van der Waals surface area contributed by atoms with Crippen molar-refractivity contribution in [1.82, 2.24) is 9.71 Å². The Kier molecular flexibility index (Phi) is 4.20. The maximum absolute atomic E-state index is 11.9. The molecule has 2 rings (SSSR count). The van der Waals surface area contributed by atoms with Crippen LogP contribution >= 0.6 is 0 Å². The minimum absolute atomic E-state index is 0.0991. The second-order valence-corrected chi connectivity index (χ2v) is 6.00. The third-order valence-corrected chi connectivity index (χ3v) is 4.11. The van der Waals surface area contributed by atoms with Crippen molar-refractivity contribution in [2.45, 2.75) is 4.90 Å². The number of aromatic nitrogens is 1. The summed E-state index contributed by atoms with van der Waals surface area (Å²) in [6.45, 7) is 0. The predicted molar refractivity (Wildman–Crippen MR) is 76.5 cm³/mol. The first kappa shape index (κ1) is 14.9. The van der Waals surface area contributed by atoms with Crippen LogP contribution < -0.4 is 10.0 Å². The fourth-order valence-electron chi connectivity index (χ4n) is 1.59. The van der Waals surface area contributed by atoms with Crippen molar-refractivity contribution in [3.8, 4) is 5.75 Å². The summed E-state index contributed by atoms with van der Waals surface area (Å²) in [6, 6.07) is 6.98. The first-order chi connectivity index (χ1) is 9.92. The van der Waals surface area contributed by atoms with Gasteiger partial charge in [0.15, 0.2) is 0 Å². The van der Waals surface area contributed by atoms with Crippen LogP contribution in [0.2, 0.25) is 0 Å². The molecule has 0 saturated heterocycles. The Morgan fingerprint density at radius 2 is 1.86 bits per heavy atom. The second-order valence-electron chi connectivity index (χ2n) is 4.12. The number of nitrogens with zero attached hydrogens (tertiary/aromatic N) is 1. The van der Waals surface area contributed by atoms with E-state index in [-0.39, 0.29) is 16.2 Å². The molecule has 0 aliphatic heterocycles. The summed E-state index contributed by atoms with van der Waals surface area (Å²) in [5.41, 5.74) is 0.625. The molecular weight excluding hydrogens is 294 g/mol. The molecule has 0 aliphatic carbocycles. The smallest absolute Gasteiger partial charge is 0.257 e. The molecule has 21 heavy (non-hydrogen) atoms. The van der Waals surface area contributed by atoms with Gasteiger partial charge in [-0.05, 0) is 37.4 Å². The number of carbonyl (C=O) groups excluding carboxylic acids is 1. The normalized spacial score (nSPS) is 11.1. The lowest BCUT2D eigenvalue weighted by Gasteiger charge is -2.07. The number of rotatable bonds is 4. The number of sulfonamides is 1. The van der Waals surface area contributed by atoms with Gasteiger partial charge in [0.05, 0.1) is 16.7 Å². The van der Waals surface area contributed by atoms with E-state index < -0.39 is 15.9 Å². The van der Waals surface area contributed by atoms with E-state index in [1.54, 1.807) is 0 Å². The number of amides is 1. The Labute approximate surface area is 121 Å². The summed E-state index contributed by atoms with van der Waals surface area (Å²) < 4.78 is 25.3. The van der Waals surface area contributed by atoms with Crippen LogP contribution in [0.4, 0.5) is 5.69 Å². The van der Waals surface area contributed by atoms with Gasteiger partial charge in [0.2, 0.25) is 10.0 Å². The van der Waals surface area contributed by atoms with Crippen molar-refractivity contribution in [1.29, 1.82) is 0 Å². The van der Waals surface area contributed by atoms with Gasteiger partial charge in [-0.1, -0.05) is 0 Å². The third-order valence-electron chi connectivity index (χ3n) is 2.68. The Balaban J connectivity index is 2.16. The second kappa shape index (κ2) is 5.90. The van der Waals surface area contributed by atoms with E-state index in [9.17, 15) is 18.3 Å². The molecule has 1 amide bonds. The van der Waals surface area contributed by atoms with Crippen LogP contribution in [0.15, 0.2) is 47.6 Å². The van der Waals surface area contributed by atoms with Crippen LogP contribution in [0.1, 0.15) is 10.4 Å². The molecule has 3 N–H and O–H groups in total. The van der Waals surface area contributed by atoms with Crippen molar-refractivity contribution < 1.29 is 18.3 Å². The van der Waals surface area contributed by atoms with Crippen LogP contribution in [-0.2, 0) is 10.0 Å². The average Bonchev–Trinajstić information content (AvgIpc) is 2.48. The predicted octanol–water partition coefficient (Wildman–Crippen LogP) is 0.948. The van der Waals surface area contributed by atoms with E-state index in [4.69, 9.17) is 0 Å². The number of pyridine rings is 1. The minimum Gasteiger partial charge on any atom is -0.506 e. The Bertz CT molecular complexity index is 757. The van der Waals surface area contributed by atoms with E-state index in [2.05, 4.69) is 15.0 Å². The number of hydrogen-bond acceptors (Lipinski definition) is 5. The Hall–Kier alpha value is -2.45. The number of hydrogen-bond donors (Lipinski definition) is 3. The first-order valence-corrected chi connectivity index (χ1v) is 7.39. The fourth-order valence-corrected chi connectivity index (χ4v) is 2.32. The zero-order valence-corrected chi connectivity index (χ0v) is 11.9. The number of aromatic hydroxyl groups is 1. The lowest BCUT2D eigenvalue weighted by atomic mass is 10.2. The number of carbonyl (C=O) groups is 1. The zero-order chi connectivity index (χ0) is 15.5. The number of anilines is 1. The van der Waals surface area contributed by atoms with Crippen LogP contribution in [-0.4, -0.2) is 31.5 Å². The minimum atomic E-state index is -3.51. The van der Waals surface area contributed by atoms with Crippen LogP contribution in [0, 0.1) is 0 Å². The van der Waals surface area contributed by atoms with E-state index in [0.717, 1.165) is 0 Å². The van der Waals surface area contributed by atoms with Gasteiger partial charge in [-0.15, -0.1) is 0 Å². The van der Waals surface area contributed by atoms with Crippen molar-refractivity contribution in [3.63, 3.8) is 0 Å². The molecule has 0 bridgehead atoms. The average molecular weight is 307 g/mol. The standard InChI is InChI=1S/C13H13N3O4S/c1-14-21(19,20)12-4-2-10(3-5-12)16-13(18)9-6-11(17)8-15-7-9/h2-8,14,17H,1H3,(H,16,18). The van der Waals surface area contributed by atoms with E-state index in [0.29, 0.717) is 5.69 Å². The van der Waals surface area contributed by atoms with Crippen molar-refractivity contribution in [3.05, 3.63) is 48.3 Å². The maximum Gasteiger partial charge on any atom is 0.257 e. The van der Waals surface area contributed by atoms with E-state index >= 15 is 0 Å². The lowest BCUT2D eigenvalue weighted by Crippen LogP contribution is -2.18. The molecule has 1 aromatic carbocycles. The zero-order valence-electron chi connectivity index (χ0n) is 11.1. The maximum atomic E-state index is 11.9. The van der Waals surface area contributed by atoms with Gasteiger partial charge >= 0.3 is 0 Å². The van der Waals surface area contributed by atoms with Gasteiger partial charge < -0.3 is 10.4 Å². The van der Waals surface area contributed by atoms with Gasteiger partial charge in [0.25, 0.3) is 5.91 Å². The van der Waals surface area contributed by atoms with Gasteiger partial charge in [-0.2, -0.15) is 0 Å². The van der Waals surface area contributed by atoms with Crippen molar-refractivity contribution in [2.24, 2.45) is 0 Å². The quantitative estimate of drug-likeness (QED) is 0.779. The van der Waals surface area contributed by atoms with Gasteiger partial charge in [0, 0.05) is 11.9 Å². The first-order valence-electron chi connectivity index (χ1n) is 5.91. The molecule has 1 aromatic heterocycles. The summed E-state index contributed by atoms with van der Waals surface area (Å²) in [5.74, 6) is -0.569. The molecule has 8 heteroatoms. The molecular formula is C13H13N3O4S. The summed E-state index contributed by atoms with van der Waals surface area (Å²) in [6.07, 6.45) is 2.53. The molecule has 0 unspecified atom stereocenters.